The van der Waals surface area contributed by atoms with E-state index in [2.05, 4.69) is 37.3 Å². The third kappa shape index (κ3) is 4.30. The van der Waals surface area contributed by atoms with Crippen molar-refractivity contribution < 1.29 is 9.53 Å². The van der Waals surface area contributed by atoms with Crippen LogP contribution in [-0.2, 0) is 0 Å². The molecule has 0 unspecified atom stereocenters. The van der Waals surface area contributed by atoms with Crippen molar-refractivity contribution >= 4 is 23.9 Å². The summed E-state index contributed by atoms with van der Waals surface area (Å²) in [7, 11) is 0. The molecule has 4 rings (SSSR count). The number of ether oxygens (including phenoxy) is 1. The lowest BCUT2D eigenvalue weighted by Crippen LogP contribution is -2.44. The van der Waals surface area contributed by atoms with Gasteiger partial charge in [0.05, 0.1) is 11.7 Å². The summed E-state index contributed by atoms with van der Waals surface area (Å²) in [5.41, 5.74) is 4.17. The van der Waals surface area contributed by atoms with E-state index in [-0.39, 0.29) is 12.1 Å². The molecule has 3 nitrogen and oxygen atoms in total. The van der Waals surface area contributed by atoms with Crippen LogP contribution in [0.1, 0.15) is 24.5 Å². The van der Waals surface area contributed by atoms with Crippen molar-refractivity contribution in [2.75, 3.05) is 4.90 Å². The Morgan fingerprint density at radius 3 is 2.34 bits per heavy atom. The molecule has 0 fully saturated rings. The summed E-state index contributed by atoms with van der Waals surface area (Å²) in [5, 5.41) is 0. The predicted octanol–water partition coefficient (Wildman–Crippen LogP) is 6.58. The van der Waals surface area contributed by atoms with Crippen LogP contribution in [-0.4, -0.2) is 12.1 Å². The van der Waals surface area contributed by atoms with Crippen molar-refractivity contribution in [1.82, 2.24) is 0 Å². The van der Waals surface area contributed by atoms with Gasteiger partial charge in [0.1, 0.15) is 5.75 Å². The third-order valence-corrected chi connectivity index (χ3v) is 5.03. The molecule has 0 aromatic heterocycles. The molecule has 0 bridgehead atoms. The normalized spacial score (nSPS) is 15.7. The van der Waals surface area contributed by atoms with E-state index in [1.165, 1.54) is 0 Å². The Hall–Kier alpha value is -3.59. The molecule has 1 aliphatic rings. The molecule has 29 heavy (non-hydrogen) atoms. The zero-order valence-corrected chi connectivity index (χ0v) is 16.4. The number of carbonyl (C=O) groups is 1. The second-order valence-corrected chi connectivity index (χ2v) is 7.06. The number of fused-ring (bicyclic) bond motifs is 1. The van der Waals surface area contributed by atoms with Crippen LogP contribution in [0.5, 0.6) is 5.75 Å². The molecule has 3 aromatic rings. The van der Waals surface area contributed by atoms with Gasteiger partial charge in [-0.2, -0.15) is 0 Å². The lowest BCUT2D eigenvalue weighted by molar-refractivity contribution is 0.205. The molecule has 0 radical (unpaired) electrons. The molecule has 0 aliphatic carbocycles. The van der Waals surface area contributed by atoms with Gasteiger partial charge >= 0.3 is 6.09 Å². The monoisotopic (exact) mass is 381 g/mol. The number of hydrogen-bond donors (Lipinski definition) is 0. The van der Waals surface area contributed by atoms with Gasteiger partial charge in [0.15, 0.2) is 0 Å². The molecule has 144 valence electrons. The van der Waals surface area contributed by atoms with Gasteiger partial charge in [0.2, 0.25) is 0 Å². The summed E-state index contributed by atoms with van der Waals surface area (Å²) in [5.74, 6) is 0.542. The number of para-hydroxylation sites is 2. The second-order valence-electron chi connectivity index (χ2n) is 7.06. The molecule has 0 spiro atoms. The maximum atomic E-state index is 13.2. The fourth-order valence-electron chi connectivity index (χ4n) is 3.59. The Labute approximate surface area is 171 Å². The number of anilines is 1. The van der Waals surface area contributed by atoms with E-state index in [9.17, 15) is 4.79 Å². The first-order chi connectivity index (χ1) is 14.2. The Balaban J connectivity index is 1.62. The summed E-state index contributed by atoms with van der Waals surface area (Å²) in [6.07, 6.45) is 6.70. The smallest absolute Gasteiger partial charge is 0.410 e. The molecule has 0 saturated heterocycles. The highest BCUT2D eigenvalue weighted by molar-refractivity contribution is 5.95. The molecule has 0 saturated carbocycles. The largest absolute Gasteiger partial charge is 0.420 e. The van der Waals surface area contributed by atoms with E-state index < -0.39 is 0 Å². The minimum atomic E-state index is -0.366. The SMILES string of the molecule is CC1=Cc2ccccc2N(C(=O)Oc2ccccc2)[C@H]1C/C=C/c1ccccc1. The quantitative estimate of drug-likeness (QED) is 0.511. The van der Waals surface area contributed by atoms with Crippen molar-refractivity contribution in [3.05, 3.63) is 108 Å². The molecular formula is C26H23NO2. The van der Waals surface area contributed by atoms with E-state index in [4.69, 9.17) is 4.74 Å². The lowest BCUT2D eigenvalue weighted by Gasteiger charge is -2.35. The highest BCUT2D eigenvalue weighted by atomic mass is 16.6. The van der Waals surface area contributed by atoms with Crippen LogP contribution >= 0.6 is 0 Å². The number of carbonyl (C=O) groups excluding carboxylic acids is 1. The van der Waals surface area contributed by atoms with E-state index in [1.54, 1.807) is 17.0 Å². The van der Waals surface area contributed by atoms with E-state index in [0.29, 0.717) is 12.2 Å². The summed E-state index contributed by atoms with van der Waals surface area (Å²) in [4.78, 5) is 14.9. The van der Waals surface area contributed by atoms with Gasteiger partial charge < -0.3 is 4.74 Å². The first kappa shape index (κ1) is 18.8. The molecule has 1 amide bonds. The van der Waals surface area contributed by atoms with Crippen molar-refractivity contribution in [3.63, 3.8) is 0 Å². The Morgan fingerprint density at radius 2 is 1.59 bits per heavy atom. The number of rotatable bonds is 4. The van der Waals surface area contributed by atoms with Crippen LogP contribution in [0.15, 0.2) is 96.6 Å². The van der Waals surface area contributed by atoms with Gasteiger partial charge in [-0.1, -0.05) is 85.0 Å². The maximum absolute atomic E-state index is 13.2. The van der Waals surface area contributed by atoms with Gasteiger partial charge in [-0.25, -0.2) is 4.79 Å². The number of hydrogen-bond acceptors (Lipinski definition) is 2. The average molecular weight is 381 g/mol. The first-order valence-corrected chi connectivity index (χ1v) is 9.77. The van der Waals surface area contributed by atoms with Gasteiger partial charge in [-0.05, 0) is 48.2 Å². The Kier molecular flexibility index (Phi) is 5.57. The third-order valence-electron chi connectivity index (χ3n) is 5.03. The van der Waals surface area contributed by atoms with Crippen LogP contribution in [0.25, 0.3) is 12.2 Å². The number of amides is 1. The highest BCUT2D eigenvalue weighted by Crippen LogP contribution is 2.34. The fraction of sp³-hybridized carbons (Fsp3) is 0.115. The Bertz CT molecular complexity index is 1040. The molecular weight excluding hydrogens is 358 g/mol. The summed E-state index contributed by atoms with van der Waals surface area (Å²) in [6.45, 7) is 2.07. The van der Waals surface area contributed by atoms with Gasteiger partial charge in [0, 0.05) is 0 Å². The van der Waals surface area contributed by atoms with Crippen molar-refractivity contribution in [1.29, 1.82) is 0 Å². The zero-order chi connectivity index (χ0) is 20.1. The lowest BCUT2D eigenvalue weighted by atomic mass is 9.94. The molecule has 1 heterocycles. The molecule has 1 aliphatic heterocycles. The minimum absolute atomic E-state index is 0.0962. The topological polar surface area (TPSA) is 29.5 Å². The standard InChI is InChI=1S/C26H23NO2/c1-20-19-22-14-8-9-17-25(22)27(26(28)29-23-15-6-3-7-16-23)24(20)18-10-13-21-11-4-2-5-12-21/h2-17,19,24H,18H2,1H3/b13-10+/t24-/m0/s1. The Morgan fingerprint density at radius 1 is 0.931 bits per heavy atom. The summed E-state index contributed by atoms with van der Waals surface area (Å²) in [6, 6.07) is 27.2. The van der Waals surface area contributed by atoms with Gasteiger partial charge in [-0.15, -0.1) is 0 Å². The predicted molar refractivity (Wildman–Crippen MR) is 119 cm³/mol. The average Bonchev–Trinajstić information content (AvgIpc) is 2.75. The number of benzene rings is 3. The summed E-state index contributed by atoms with van der Waals surface area (Å²) >= 11 is 0. The molecule has 3 heteroatoms. The van der Waals surface area contributed by atoms with Crippen LogP contribution in [0.4, 0.5) is 10.5 Å². The van der Waals surface area contributed by atoms with Crippen LogP contribution < -0.4 is 9.64 Å². The molecule has 0 N–H and O–H groups in total. The van der Waals surface area contributed by atoms with Crippen LogP contribution in [0.2, 0.25) is 0 Å². The van der Waals surface area contributed by atoms with Gasteiger partial charge in [-0.3, -0.25) is 4.90 Å². The van der Waals surface area contributed by atoms with Crippen molar-refractivity contribution in [2.45, 2.75) is 19.4 Å². The van der Waals surface area contributed by atoms with Crippen molar-refractivity contribution in [3.8, 4) is 5.75 Å². The zero-order valence-electron chi connectivity index (χ0n) is 16.4. The minimum Gasteiger partial charge on any atom is -0.410 e. The summed E-state index contributed by atoms with van der Waals surface area (Å²) < 4.78 is 5.69. The molecule has 1 atom stereocenters. The van der Waals surface area contributed by atoms with Crippen LogP contribution in [0.3, 0.4) is 0 Å². The van der Waals surface area contributed by atoms with Crippen molar-refractivity contribution in [2.24, 2.45) is 0 Å². The fourth-order valence-corrected chi connectivity index (χ4v) is 3.59. The van der Waals surface area contributed by atoms with E-state index in [0.717, 1.165) is 22.4 Å². The van der Waals surface area contributed by atoms with E-state index >= 15 is 0 Å². The molecule has 3 aromatic carbocycles. The first-order valence-electron chi connectivity index (χ1n) is 9.77. The second kappa shape index (κ2) is 8.61. The highest BCUT2D eigenvalue weighted by Gasteiger charge is 2.32. The van der Waals surface area contributed by atoms with E-state index in [1.807, 2.05) is 60.7 Å². The van der Waals surface area contributed by atoms with Crippen LogP contribution in [0, 0.1) is 0 Å². The van der Waals surface area contributed by atoms with Gasteiger partial charge in [0.25, 0.3) is 0 Å². The maximum Gasteiger partial charge on any atom is 0.420 e. The number of nitrogens with zero attached hydrogens (tertiary/aromatic N) is 1.